The van der Waals surface area contributed by atoms with Crippen LogP contribution < -0.4 is 15.0 Å². The molecule has 2 saturated heterocycles. The van der Waals surface area contributed by atoms with Gasteiger partial charge in [0.15, 0.2) is 0 Å². The summed E-state index contributed by atoms with van der Waals surface area (Å²) < 4.78 is 6.03. The zero-order valence-corrected chi connectivity index (χ0v) is 18.3. The summed E-state index contributed by atoms with van der Waals surface area (Å²) in [5, 5.41) is 2.97. The van der Waals surface area contributed by atoms with Crippen molar-refractivity contribution in [3.8, 4) is 5.75 Å². The van der Waals surface area contributed by atoms with Crippen molar-refractivity contribution in [3.05, 3.63) is 54.6 Å². The highest BCUT2D eigenvalue weighted by molar-refractivity contribution is 5.89. The molecule has 2 aliphatic heterocycles. The molecule has 0 bridgehead atoms. The standard InChI is InChI=1S/C25H34N4O2/c30-25(26-22-9-3-1-4-10-22)29-18-16-28(17-19-29)23-11-7-12-24(21-23)31-20-8-15-27-13-5-2-6-14-27/h1,3-4,7,9-12,21H,2,5-6,8,13-20H2,(H,26,30). The molecule has 2 heterocycles. The highest BCUT2D eigenvalue weighted by atomic mass is 16.5. The Hall–Kier alpha value is -2.73. The number of ether oxygens (including phenoxy) is 1. The first kappa shape index (κ1) is 21.5. The summed E-state index contributed by atoms with van der Waals surface area (Å²) in [5.74, 6) is 0.931. The van der Waals surface area contributed by atoms with Crippen molar-refractivity contribution in [2.24, 2.45) is 0 Å². The van der Waals surface area contributed by atoms with Gasteiger partial charge in [0.1, 0.15) is 5.75 Å². The van der Waals surface area contributed by atoms with Crippen LogP contribution >= 0.6 is 0 Å². The second-order valence-corrected chi connectivity index (χ2v) is 8.37. The predicted molar refractivity (Wildman–Crippen MR) is 126 cm³/mol. The maximum atomic E-state index is 12.5. The molecule has 2 amide bonds. The topological polar surface area (TPSA) is 48.1 Å². The number of piperidine rings is 1. The SMILES string of the molecule is O=C(Nc1ccccc1)N1CCN(c2cccc(OCCCN3CCCCC3)c2)CC1. The molecular weight excluding hydrogens is 388 g/mol. The maximum absolute atomic E-state index is 12.5. The van der Waals surface area contributed by atoms with Crippen LogP contribution in [0.15, 0.2) is 54.6 Å². The lowest BCUT2D eigenvalue weighted by atomic mass is 10.1. The Balaban J connectivity index is 1.21. The van der Waals surface area contributed by atoms with Crippen LogP contribution in [0.4, 0.5) is 16.2 Å². The number of anilines is 2. The first-order valence-electron chi connectivity index (χ1n) is 11.6. The molecule has 0 saturated carbocycles. The third kappa shape index (κ3) is 6.37. The highest BCUT2D eigenvalue weighted by Gasteiger charge is 2.21. The lowest BCUT2D eigenvalue weighted by Gasteiger charge is -2.36. The number of piperazine rings is 1. The fraction of sp³-hybridized carbons (Fsp3) is 0.480. The number of nitrogens with one attached hydrogen (secondary N) is 1. The van der Waals surface area contributed by atoms with Gasteiger partial charge in [0, 0.05) is 50.2 Å². The number of para-hydroxylation sites is 1. The number of amides is 2. The summed E-state index contributed by atoms with van der Waals surface area (Å²) in [6.45, 7) is 7.43. The van der Waals surface area contributed by atoms with Gasteiger partial charge in [-0.15, -0.1) is 0 Å². The summed E-state index contributed by atoms with van der Waals surface area (Å²) in [4.78, 5) is 19.3. The molecule has 6 heteroatoms. The number of rotatable bonds is 7. The maximum Gasteiger partial charge on any atom is 0.321 e. The van der Waals surface area contributed by atoms with Gasteiger partial charge in [-0.1, -0.05) is 30.7 Å². The Morgan fingerprint density at radius 3 is 2.42 bits per heavy atom. The van der Waals surface area contributed by atoms with E-state index in [4.69, 9.17) is 4.74 Å². The lowest BCUT2D eigenvalue weighted by molar-refractivity contribution is 0.205. The van der Waals surface area contributed by atoms with Crippen molar-refractivity contribution in [2.75, 3.05) is 62.6 Å². The van der Waals surface area contributed by atoms with E-state index in [1.807, 2.05) is 41.3 Å². The number of carbonyl (C=O) groups excluding carboxylic acids is 1. The van der Waals surface area contributed by atoms with Crippen LogP contribution in [0.25, 0.3) is 0 Å². The number of benzene rings is 2. The highest BCUT2D eigenvalue weighted by Crippen LogP contribution is 2.23. The molecule has 6 nitrogen and oxygen atoms in total. The van der Waals surface area contributed by atoms with Gasteiger partial charge in [-0.2, -0.15) is 0 Å². The zero-order chi connectivity index (χ0) is 21.3. The molecule has 4 rings (SSSR count). The quantitative estimate of drug-likeness (QED) is 0.676. The first-order chi connectivity index (χ1) is 15.3. The molecule has 0 atom stereocenters. The molecule has 2 aromatic carbocycles. The normalized spacial score (nSPS) is 17.4. The number of carbonyl (C=O) groups is 1. The van der Waals surface area contributed by atoms with E-state index in [0.29, 0.717) is 13.1 Å². The van der Waals surface area contributed by atoms with Gasteiger partial charge in [0.2, 0.25) is 0 Å². The second kappa shape index (κ2) is 11.0. The Kier molecular flexibility index (Phi) is 7.66. The minimum Gasteiger partial charge on any atom is -0.493 e. The monoisotopic (exact) mass is 422 g/mol. The summed E-state index contributed by atoms with van der Waals surface area (Å²) in [5.41, 5.74) is 2.00. The third-order valence-corrected chi connectivity index (χ3v) is 6.11. The number of hydrogen-bond donors (Lipinski definition) is 1. The van der Waals surface area contributed by atoms with Crippen LogP contribution in [-0.2, 0) is 0 Å². The number of hydrogen-bond acceptors (Lipinski definition) is 4. The van der Waals surface area contributed by atoms with Crippen molar-refractivity contribution in [1.82, 2.24) is 9.80 Å². The molecule has 0 aliphatic carbocycles. The van der Waals surface area contributed by atoms with Gasteiger partial charge in [-0.05, 0) is 56.6 Å². The zero-order valence-electron chi connectivity index (χ0n) is 18.3. The molecule has 2 aliphatic rings. The molecule has 31 heavy (non-hydrogen) atoms. The average Bonchev–Trinajstić information content (AvgIpc) is 2.83. The number of nitrogens with zero attached hydrogens (tertiary/aromatic N) is 3. The van der Waals surface area contributed by atoms with Crippen molar-refractivity contribution in [2.45, 2.75) is 25.7 Å². The van der Waals surface area contributed by atoms with Crippen molar-refractivity contribution < 1.29 is 9.53 Å². The largest absolute Gasteiger partial charge is 0.493 e. The molecule has 1 N–H and O–H groups in total. The molecular formula is C25H34N4O2. The van der Waals surface area contributed by atoms with Gasteiger partial charge < -0.3 is 24.8 Å². The van der Waals surface area contributed by atoms with Gasteiger partial charge in [0.25, 0.3) is 0 Å². The molecule has 0 aromatic heterocycles. The van der Waals surface area contributed by atoms with Crippen molar-refractivity contribution >= 4 is 17.4 Å². The lowest BCUT2D eigenvalue weighted by Crippen LogP contribution is -2.50. The van der Waals surface area contributed by atoms with Crippen LogP contribution in [0.2, 0.25) is 0 Å². The molecule has 0 unspecified atom stereocenters. The minimum absolute atomic E-state index is 0.0309. The van der Waals surface area contributed by atoms with Crippen molar-refractivity contribution in [3.63, 3.8) is 0 Å². The Morgan fingerprint density at radius 2 is 1.65 bits per heavy atom. The summed E-state index contributed by atoms with van der Waals surface area (Å²) in [6, 6.07) is 17.9. The van der Waals surface area contributed by atoms with E-state index >= 15 is 0 Å². The summed E-state index contributed by atoms with van der Waals surface area (Å²) in [7, 11) is 0. The predicted octanol–water partition coefficient (Wildman–Crippen LogP) is 4.30. The first-order valence-corrected chi connectivity index (χ1v) is 11.6. The van der Waals surface area contributed by atoms with Crippen LogP contribution in [0, 0.1) is 0 Å². The molecule has 0 spiro atoms. The van der Waals surface area contributed by atoms with E-state index < -0.39 is 0 Å². The Labute approximate surface area is 185 Å². The van der Waals surface area contributed by atoms with E-state index in [2.05, 4.69) is 33.3 Å². The van der Waals surface area contributed by atoms with Gasteiger partial charge in [0.05, 0.1) is 6.61 Å². The molecule has 166 valence electrons. The van der Waals surface area contributed by atoms with Gasteiger partial charge in [-0.25, -0.2) is 4.79 Å². The summed E-state index contributed by atoms with van der Waals surface area (Å²) >= 11 is 0. The van der Waals surface area contributed by atoms with Gasteiger partial charge in [-0.3, -0.25) is 0 Å². The van der Waals surface area contributed by atoms with Crippen LogP contribution in [-0.4, -0.2) is 68.3 Å². The van der Waals surface area contributed by atoms with Crippen molar-refractivity contribution in [1.29, 1.82) is 0 Å². The number of likely N-dealkylation sites (tertiary alicyclic amines) is 1. The van der Waals surface area contributed by atoms with Crippen LogP contribution in [0.5, 0.6) is 5.75 Å². The molecule has 2 fully saturated rings. The van der Waals surface area contributed by atoms with Crippen LogP contribution in [0.1, 0.15) is 25.7 Å². The molecule has 0 radical (unpaired) electrons. The van der Waals surface area contributed by atoms with E-state index in [-0.39, 0.29) is 6.03 Å². The van der Waals surface area contributed by atoms with Crippen LogP contribution in [0.3, 0.4) is 0 Å². The second-order valence-electron chi connectivity index (χ2n) is 8.37. The third-order valence-electron chi connectivity index (χ3n) is 6.11. The van der Waals surface area contributed by atoms with E-state index in [9.17, 15) is 4.79 Å². The van der Waals surface area contributed by atoms with E-state index in [1.54, 1.807) is 0 Å². The fourth-order valence-corrected chi connectivity index (χ4v) is 4.32. The van der Waals surface area contributed by atoms with E-state index in [0.717, 1.165) is 49.8 Å². The fourth-order valence-electron chi connectivity index (χ4n) is 4.32. The smallest absolute Gasteiger partial charge is 0.321 e. The average molecular weight is 423 g/mol. The Bertz CT molecular complexity index is 815. The summed E-state index contributed by atoms with van der Waals surface area (Å²) in [6.07, 6.45) is 5.12. The Morgan fingerprint density at radius 1 is 0.871 bits per heavy atom. The minimum atomic E-state index is -0.0309. The van der Waals surface area contributed by atoms with Gasteiger partial charge >= 0.3 is 6.03 Å². The molecule has 2 aromatic rings. The van der Waals surface area contributed by atoms with E-state index in [1.165, 1.54) is 32.4 Å². The number of urea groups is 1.